The topological polar surface area (TPSA) is 85.7 Å². The molecule has 0 aliphatic carbocycles. The van der Waals surface area contributed by atoms with Gasteiger partial charge in [-0.05, 0) is 61.3 Å². The Labute approximate surface area is 244 Å². The number of amides is 2. The molecule has 2 amide bonds. The van der Waals surface area contributed by atoms with Crippen LogP contribution in [-0.4, -0.2) is 77.8 Å². The standard InChI is InChI=1S/C28H36F3N7O2.ClH/c1-5-32-8-9-33-27(39)16-36(17-28(40)35(4)37-13-20-6-7-22(29)11-21(20)14-37)25-12-24-23(10-18(25)2)19(3)38(34-24)15-26(30)31;/h6-7,10-12,26,32H,5,8-9,13-17H2,1-4H3,(H,33,39);1H. The SMILES string of the molecule is CCNCCNC(=O)CN(CC(=O)N(C)N1Cc2ccc(F)cc2C1)c1cc2nn(CC(F)F)c(C)c2cc1C.Cl. The molecule has 0 radical (unpaired) electrons. The fraction of sp³-hybridized carbons (Fsp3) is 0.464. The van der Waals surface area contributed by atoms with E-state index in [1.165, 1.54) is 21.8 Å². The molecule has 13 heteroatoms. The van der Waals surface area contributed by atoms with Crippen molar-refractivity contribution >= 4 is 40.8 Å². The summed E-state index contributed by atoms with van der Waals surface area (Å²) < 4.78 is 41.1. The smallest absolute Gasteiger partial charge is 0.257 e. The van der Waals surface area contributed by atoms with E-state index in [0.29, 0.717) is 43.1 Å². The monoisotopic (exact) mass is 595 g/mol. The minimum atomic E-state index is -2.54. The first-order chi connectivity index (χ1) is 19.1. The van der Waals surface area contributed by atoms with Crippen molar-refractivity contribution in [3.63, 3.8) is 0 Å². The van der Waals surface area contributed by atoms with Gasteiger partial charge in [0.15, 0.2) is 0 Å². The molecule has 2 aromatic carbocycles. The number of hydrazine groups is 1. The van der Waals surface area contributed by atoms with Crippen LogP contribution in [-0.2, 0) is 29.2 Å². The highest BCUT2D eigenvalue weighted by Gasteiger charge is 2.28. The van der Waals surface area contributed by atoms with Crippen LogP contribution < -0.4 is 15.5 Å². The first-order valence-corrected chi connectivity index (χ1v) is 13.3. The van der Waals surface area contributed by atoms with E-state index in [1.807, 2.05) is 24.9 Å². The van der Waals surface area contributed by atoms with Gasteiger partial charge in [-0.3, -0.25) is 19.3 Å². The molecule has 1 aromatic heterocycles. The number of hydrogen-bond acceptors (Lipinski definition) is 6. The summed E-state index contributed by atoms with van der Waals surface area (Å²) in [6.45, 7) is 7.56. The van der Waals surface area contributed by atoms with Gasteiger partial charge >= 0.3 is 0 Å². The number of alkyl halides is 2. The fourth-order valence-corrected chi connectivity index (χ4v) is 4.95. The largest absolute Gasteiger partial charge is 0.353 e. The molecule has 0 bridgehead atoms. The van der Waals surface area contributed by atoms with Gasteiger partial charge in [0.25, 0.3) is 12.3 Å². The van der Waals surface area contributed by atoms with Crippen LogP contribution in [0.2, 0.25) is 0 Å². The third-order valence-corrected chi connectivity index (χ3v) is 7.17. The zero-order valence-electron chi connectivity index (χ0n) is 23.7. The quantitative estimate of drug-likeness (QED) is 0.312. The number of anilines is 1. The lowest BCUT2D eigenvalue weighted by atomic mass is 10.1. The van der Waals surface area contributed by atoms with Gasteiger partial charge in [-0.2, -0.15) is 5.10 Å². The number of hydrogen-bond donors (Lipinski definition) is 2. The minimum absolute atomic E-state index is 0. The molecule has 1 aliphatic heterocycles. The predicted octanol–water partition coefficient (Wildman–Crippen LogP) is 3.40. The first-order valence-electron chi connectivity index (χ1n) is 13.3. The number of likely N-dealkylation sites (N-methyl/N-ethyl adjacent to an activating group) is 2. The van der Waals surface area contributed by atoms with E-state index in [1.54, 1.807) is 31.0 Å². The van der Waals surface area contributed by atoms with Crippen molar-refractivity contribution in [1.82, 2.24) is 30.4 Å². The molecule has 4 rings (SSSR count). The number of carbonyl (C=O) groups is 2. The van der Waals surface area contributed by atoms with Gasteiger partial charge in [-0.15, -0.1) is 12.4 Å². The molecule has 2 heterocycles. The van der Waals surface area contributed by atoms with Gasteiger partial charge in [-0.25, -0.2) is 18.2 Å². The Morgan fingerprint density at radius 3 is 2.51 bits per heavy atom. The third-order valence-electron chi connectivity index (χ3n) is 7.17. The van der Waals surface area contributed by atoms with Crippen LogP contribution in [0.15, 0.2) is 30.3 Å². The zero-order valence-corrected chi connectivity index (χ0v) is 24.5. The summed E-state index contributed by atoms with van der Waals surface area (Å²) in [6.07, 6.45) is -2.54. The van der Waals surface area contributed by atoms with E-state index in [9.17, 15) is 22.8 Å². The van der Waals surface area contributed by atoms with E-state index in [4.69, 9.17) is 0 Å². The van der Waals surface area contributed by atoms with E-state index in [-0.39, 0.29) is 43.1 Å². The molecule has 2 N–H and O–H groups in total. The first kappa shape index (κ1) is 32.2. The molecule has 0 unspecified atom stereocenters. The molecule has 0 saturated heterocycles. The normalized spacial score (nSPS) is 12.9. The van der Waals surface area contributed by atoms with Gasteiger partial charge in [0, 0.05) is 50.0 Å². The van der Waals surface area contributed by atoms with Gasteiger partial charge in [0.2, 0.25) is 5.91 Å². The van der Waals surface area contributed by atoms with Crippen molar-refractivity contribution in [2.75, 3.05) is 44.7 Å². The van der Waals surface area contributed by atoms with Crippen LogP contribution in [0.5, 0.6) is 0 Å². The van der Waals surface area contributed by atoms with Crippen molar-refractivity contribution in [2.24, 2.45) is 0 Å². The van der Waals surface area contributed by atoms with Crippen LogP contribution in [0.3, 0.4) is 0 Å². The van der Waals surface area contributed by atoms with Crippen LogP contribution in [0.1, 0.15) is 29.3 Å². The lowest BCUT2D eigenvalue weighted by Crippen LogP contribution is -2.48. The number of aryl methyl sites for hydroxylation is 2. The van der Waals surface area contributed by atoms with Crippen LogP contribution in [0.4, 0.5) is 18.9 Å². The molecule has 3 aromatic rings. The highest BCUT2D eigenvalue weighted by molar-refractivity contribution is 5.91. The molecule has 9 nitrogen and oxygen atoms in total. The summed E-state index contributed by atoms with van der Waals surface area (Å²) in [7, 11) is 1.66. The molecule has 224 valence electrons. The fourth-order valence-electron chi connectivity index (χ4n) is 4.95. The maximum absolute atomic E-state index is 13.7. The second kappa shape index (κ2) is 14.0. The number of aromatic nitrogens is 2. The molecule has 41 heavy (non-hydrogen) atoms. The van der Waals surface area contributed by atoms with E-state index < -0.39 is 13.0 Å². The van der Waals surface area contributed by atoms with Crippen molar-refractivity contribution in [2.45, 2.75) is 46.8 Å². The number of benzene rings is 2. The maximum Gasteiger partial charge on any atom is 0.257 e. The van der Waals surface area contributed by atoms with Crippen molar-refractivity contribution in [3.05, 3.63) is 58.5 Å². The van der Waals surface area contributed by atoms with E-state index in [0.717, 1.165) is 28.6 Å². The van der Waals surface area contributed by atoms with Crippen LogP contribution in [0.25, 0.3) is 10.9 Å². The van der Waals surface area contributed by atoms with Crippen molar-refractivity contribution < 1.29 is 22.8 Å². The average Bonchev–Trinajstić information content (AvgIpc) is 3.45. The molecule has 0 fully saturated rings. The number of carbonyl (C=O) groups excluding carboxylic acids is 2. The summed E-state index contributed by atoms with van der Waals surface area (Å²) in [5.41, 5.74) is 4.31. The van der Waals surface area contributed by atoms with Gasteiger partial charge < -0.3 is 15.5 Å². The summed E-state index contributed by atoms with van der Waals surface area (Å²) in [5.74, 6) is -0.832. The van der Waals surface area contributed by atoms with Crippen LogP contribution in [0, 0.1) is 19.7 Å². The summed E-state index contributed by atoms with van der Waals surface area (Å²) >= 11 is 0. The van der Waals surface area contributed by atoms with Crippen molar-refractivity contribution in [1.29, 1.82) is 0 Å². The number of fused-ring (bicyclic) bond motifs is 2. The second-order valence-electron chi connectivity index (χ2n) is 10.0. The Kier molecular flexibility index (Phi) is 11.0. The summed E-state index contributed by atoms with van der Waals surface area (Å²) in [4.78, 5) is 28.0. The molecule has 0 saturated carbocycles. The minimum Gasteiger partial charge on any atom is -0.353 e. The number of rotatable bonds is 12. The average molecular weight is 596 g/mol. The maximum atomic E-state index is 13.7. The molecular formula is C28H37ClF3N7O2. The zero-order chi connectivity index (χ0) is 29.0. The Bertz CT molecular complexity index is 1380. The Balaban J connectivity index is 0.00000462. The molecule has 0 spiro atoms. The summed E-state index contributed by atoms with van der Waals surface area (Å²) in [6, 6.07) is 8.20. The third kappa shape index (κ3) is 7.69. The predicted molar refractivity (Wildman–Crippen MR) is 155 cm³/mol. The highest BCUT2D eigenvalue weighted by Crippen LogP contribution is 2.29. The van der Waals surface area contributed by atoms with Crippen LogP contribution >= 0.6 is 12.4 Å². The summed E-state index contributed by atoms with van der Waals surface area (Å²) in [5, 5.41) is 14.4. The number of nitrogens with one attached hydrogen (secondary N) is 2. The number of halogens is 4. The lowest BCUT2D eigenvalue weighted by Gasteiger charge is -2.32. The molecule has 1 aliphatic rings. The molecular weight excluding hydrogens is 559 g/mol. The Morgan fingerprint density at radius 2 is 1.80 bits per heavy atom. The Hall–Kier alpha value is -3.35. The van der Waals surface area contributed by atoms with Gasteiger partial charge in [0.1, 0.15) is 12.4 Å². The Morgan fingerprint density at radius 1 is 1.07 bits per heavy atom. The van der Waals surface area contributed by atoms with E-state index in [2.05, 4.69) is 15.7 Å². The lowest BCUT2D eigenvalue weighted by molar-refractivity contribution is -0.145. The second-order valence-corrected chi connectivity index (χ2v) is 10.0. The van der Waals surface area contributed by atoms with Gasteiger partial charge in [-0.1, -0.05) is 13.0 Å². The van der Waals surface area contributed by atoms with E-state index >= 15 is 0 Å². The van der Waals surface area contributed by atoms with Gasteiger partial charge in [0.05, 0.1) is 18.6 Å². The van der Waals surface area contributed by atoms with Crippen molar-refractivity contribution in [3.8, 4) is 0 Å². The highest BCUT2D eigenvalue weighted by atomic mass is 35.5. The number of nitrogens with zero attached hydrogens (tertiary/aromatic N) is 5. The molecule has 0 atom stereocenters.